The molecule has 1 fully saturated rings. The lowest BCUT2D eigenvalue weighted by molar-refractivity contribution is -0.113. The Morgan fingerprint density at radius 1 is 1.24 bits per heavy atom. The van der Waals surface area contributed by atoms with E-state index >= 15 is 0 Å². The third-order valence-electron chi connectivity index (χ3n) is 3.41. The van der Waals surface area contributed by atoms with Crippen LogP contribution in [0.1, 0.15) is 42.1 Å². The lowest BCUT2D eigenvalue weighted by Gasteiger charge is -2.03. The van der Waals surface area contributed by atoms with Gasteiger partial charge in [-0.05, 0) is 30.7 Å². The van der Waals surface area contributed by atoms with Crippen LogP contribution < -0.4 is 0 Å². The molecule has 88 valence electrons. The van der Waals surface area contributed by atoms with Crippen LogP contribution in [0.4, 0.5) is 0 Å². The maximum atomic E-state index is 11.8. The van der Waals surface area contributed by atoms with E-state index in [4.69, 9.17) is 0 Å². The molecule has 2 heteroatoms. The normalized spacial score (nSPS) is 22.0. The van der Waals surface area contributed by atoms with Crippen molar-refractivity contribution in [1.82, 2.24) is 0 Å². The molecule has 0 radical (unpaired) electrons. The van der Waals surface area contributed by atoms with Gasteiger partial charge in [-0.25, -0.2) is 0 Å². The van der Waals surface area contributed by atoms with Crippen molar-refractivity contribution in [3.63, 3.8) is 0 Å². The Morgan fingerprint density at radius 2 is 1.76 bits per heavy atom. The summed E-state index contributed by atoms with van der Waals surface area (Å²) >= 11 is 0. The Labute approximate surface area is 101 Å². The standard InChI is InChI=1S/C15H16O2/c1-9-8-14(9)12-4-6-13(7-5-12)15(17)10(2)11(3)16/h4-7,9,14H,2,8H2,1,3H3. The van der Waals surface area contributed by atoms with Crippen molar-refractivity contribution in [2.75, 3.05) is 0 Å². The van der Waals surface area contributed by atoms with E-state index in [1.807, 2.05) is 12.1 Å². The van der Waals surface area contributed by atoms with Crippen LogP contribution in [0, 0.1) is 5.92 Å². The average Bonchev–Trinajstić information content (AvgIpc) is 3.04. The van der Waals surface area contributed by atoms with E-state index in [9.17, 15) is 9.59 Å². The van der Waals surface area contributed by atoms with E-state index in [0.717, 1.165) is 5.92 Å². The van der Waals surface area contributed by atoms with Gasteiger partial charge in [-0.2, -0.15) is 0 Å². The molecule has 0 N–H and O–H groups in total. The van der Waals surface area contributed by atoms with Gasteiger partial charge in [0.2, 0.25) is 0 Å². The minimum absolute atomic E-state index is 0.0533. The molecule has 0 heterocycles. The van der Waals surface area contributed by atoms with E-state index in [1.165, 1.54) is 18.9 Å². The minimum Gasteiger partial charge on any atom is -0.294 e. The summed E-state index contributed by atoms with van der Waals surface area (Å²) in [7, 11) is 0. The molecule has 1 aliphatic rings. The highest BCUT2D eigenvalue weighted by Crippen LogP contribution is 2.46. The number of hydrogen-bond donors (Lipinski definition) is 0. The van der Waals surface area contributed by atoms with Gasteiger partial charge in [0.1, 0.15) is 0 Å². The highest BCUT2D eigenvalue weighted by molar-refractivity contribution is 6.25. The summed E-state index contributed by atoms with van der Waals surface area (Å²) in [6.45, 7) is 7.10. The van der Waals surface area contributed by atoms with Crippen molar-refractivity contribution in [2.24, 2.45) is 5.92 Å². The monoisotopic (exact) mass is 228 g/mol. The molecule has 2 rings (SSSR count). The smallest absolute Gasteiger partial charge is 0.195 e. The van der Waals surface area contributed by atoms with Crippen LogP contribution in [0.3, 0.4) is 0 Å². The first-order chi connectivity index (χ1) is 8.00. The Kier molecular flexibility index (Phi) is 2.97. The Morgan fingerprint density at radius 3 is 2.18 bits per heavy atom. The van der Waals surface area contributed by atoms with Crippen LogP contribution >= 0.6 is 0 Å². The Balaban J connectivity index is 2.15. The van der Waals surface area contributed by atoms with Gasteiger partial charge in [-0.15, -0.1) is 0 Å². The predicted molar refractivity (Wildman–Crippen MR) is 67.1 cm³/mol. The second-order valence-corrected chi connectivity index (χ2v) is 4.81. The van der Waals surface area contributed by atoms with Gasteiger partial charge in [0.15, 0.2) is 11.6 Å². The van der Waals surface area contributed by atoms with Crippen LogP contribution in [0.2, 0.25) is 0 Å². The molecule has 0 bridgehead atoms. The Hall–Kier alpha value is -1.70. The quantitative estimate of drug-likeness (QED) is 0.343. The third-order valence-corrected chi connectivity index (χ3v) is 3.41. The van der Waals surface area contributed by atoms with Crippen molar-refractivity contribution in [3.05, 3.63) is 47.5 Å². The zero-order valence-electron chi connectivity index (χ0n) is 10.2. The van der Waals surface area contributed by atoms with Crippen molar-refractivity contribution in [3.8, 4) is 0 Å². The summed E-state index contributed by atoms with van der Waals surface area (Å²) in [5.74, 6) is 0.863. The predicted octanol–water partition coefficient (Wildman–Crippen LogP) is 3.14. The topological polar surface area (TPSA) is 34.1 Å². The van der Waals surface area contributed by atoms with Crippen LogP contribution in [0.15, 0.2) is 36.4 Å². The van der Waals surface area contributed by atoms with E-state index < -0.39 is 0 Å². The molecule has 0 saturated heterocycles. The number of Topliss-reactive ketones (excluding diaryl/α,β-unsaturated/α-hetero) is 2. The molecule has 2 nitrogen and oxygen atoms in total. The van der Waals surface area contributed by atoms with Gasteiger partial charge in [-0.1, -0.05) is 37.8 Å². The van der Waals surface area contributed by atoms with Crippen molar-refractivity contribution in [2.45, 2.75) is 26.2 Å². The number of ketones is 2. The minimum atomic E-state index is -0.270. The molecule has 1 aliphatic carbocycles. The second kappa shape index (κ2) is 4.28. The first kappa shape index (κ1) is 11.8. The molecule has 0 amide bonds. The van der Waals surface area contributed by atoms with Gasteiger partial charge in [0.25, 0.3) is 0 Å². The summed E-state index contributed by atoms with van der Waals surface area (Å²) in [5.41, 5.74) is 1.88. The maximum absolute atomic E-state index is 11.8. The largest absolute Gasteiger partial charge is 0.294 e. The summed E-state index contributed by atoms with van der Waals surface area (Å²) in [4.78, 5) is 22.9. The summed E-state index contributed by atoms with van der Waals surface area (Å²) in [5, 5.41) is 0. The summed E-state index contributed by atoms with van der Waals surface area (Å²) in [6.07, 6.45) is 1.23. The number of allylic oxidation sites excluding steroid dienone is 1. The molecule has 1 aromatic carbocycles. The molecule has 2 atom stereocenters. The number of carbonyl (C=O) groups is 2. The maximum Gasteiger partial charge on any atom is 0.195 e. The van der Waals surface area contributed by atoms with Gasteiger partial charge < -0.3 is 0 Å². The Bertz CT molecular complexity index is 482. The molecule has 0 spiro atoms. The van der Waals surface area contributed by atoms with E-state index in [2.05, 4.69) is 13.5 Å². The molecule has 1 aromatic rings. The highest BCUT2D eigenvalue weighted by atomic mass is 16.1. The van der Waals surface area contributed by atoms with E-state index in [-0.39, 0.29) is 17.1 Å². The molecule has 17 heavy (non-hydrogen) atoms. The summed E-state index contributed by atoms with van der Waals surface area (Å²) in [6, 6.07) is 7.54. The SMILES string of the molecule is C=C(C(C)=O)C(=O)c1ccc(C2CC2C)cc1. The first-order valence-electron chi connectivity index (χ1n) is 5.85. The fraction of sp³-hybridized carbons (Fsp3) is 0.333. The zero-order valence-corrected chi connectivity index (χ0v) is 10.2. The molecule has 2 unspecified atom stereocenters. The summed E-state index contributed by atoms with van der Waals surface area (Å²) < 4.78 is 0. The molecule has 0 aromatic heterocycles. The van der Waals surface area contributed by atoms with Gasteiger partial charge in [0, 0.05) is 5.56 Å². The van der Waals surface area contributed by atoms with Crippen LogP contribution in [0.25, 0.3) is 0 Å². The second-order valence-electron chi connectivity index (χ2n) is 4.81. The number of carbonyl (C=O) groups excluding carboxylic acids is 2. The lowest BCUT2D eigenvalue weighted by atomic mass is 9.99. The van der Waals surface area contributed by atoms with Crippen molar-refractivity contribution >= 4 is 11.6 Å². The number of hydrogen-bond acceptors (Lipinski definition) is 2. The molecule has 0 aliphatic heterocycles. The molecule has 1 saturated carbocycles. The lowest BCUT2D eigenvalue weighted by Crippen LogP contribution is -2.09. The van der Waals surface area contributed by atoms with Gasteiger partial charge in [-0.3, -0.25) is 9.59 Å². The fourth-order valence-corrected chi connectivity index (χ4v) is 2.00. The van der Waals surface area contributed by atoms with Crippen molar-refractivity contribution in [1.29, 1.82) is 0 Å². The fourth-order valence-electron chi connectivity index (χ4n) is 2.00. The average molecular weight is 228 g/mol. The van der Waals surface area contributed by atoms with Gasteiger partial charge in [0.05, 0.1) is 5.57 Å². The molecular weight excluding hydrogens is 212 g/mol. The van der Waals surface area contributed by atoms with Crippen LogP contribution in [-0.4, -0.2) is 11.6 Å². The number of benzene rings is 1. The van der Waals surface area contributed by atoms with Crippen LogP contribution in [0.5, 0.6) is 0 Å². The number of rotatable bonds is 4. The van der Waals surface area contributed by atoms with E-state index in [1.54, 1.807) is 12.1 Å². The first-order valence-corrected chi connectivity index (χ1v) is 5.85. The van der Waals surface area contributed by atoms with Crippen LogP contribution in [-0.2, 0) is 4.79 Å². The third kappa shape index (κ3) is 2.36. The van der Waals surface area contributed by atoms with Crippen molar-refractivity contribution < 1.29 is 9.59 Å². The van der Waals surface area contributed by atoms with Gasteiger partial charge >= 0.3 is 0 Å². The highest BCUT2D eigenvalue weighted by Gasteiger charge is 2.33. The molecular formula is C15H16O2. The van der Waals surface area contributed by atoms with E-state index in [0.29, 0.717) is 11.5 Å². The zero-order chi connectivity index (χ0) is 12.6.